The summed E-state index contributed by atoms with van der Waals surface area (Å²) in [6.07, 6.45) is 6.64. The van der Waals surface area contributed by atoms with Crippen LogP contribution in [0, 0.1) is 17.2 Å². The van der Waals surface area contributed by atoms with E-state index in [0.29, 0.717) is 11.4 Å². The highest BCUT2D eigenvalue weighted by Gasteiger charge is 2.13. The van der Waals surface area contributed by atoms with Gasteiger partial charge in [0.15, 0.2) is 5.69 Å². The SMILES string of the molecule is N#Cc1nc(NCC2CCCCC2)ccc1N. The average Bonchev–Trinajstić information content (AvgIpc) is 2.39. The molecule has 0 saturated heterocycles. The van der Waals surface area contributed by atoms with Crippen LogP contribution in [0.1, 0.15) is 37.8 Å². The van der Waals surface area contributed by atoms with Crippen molar-refractivity contribution < 1.29 is 0 Å². The van der Waals surface area contributed by atoms with Gasteiger partial charge in [0.2, 0.25) is 0 Å². The first kappa shape index (κ1) is 11.7. The Bertz CT molecular complexity index is 416. The molecule has 4 heteroatoms. The normalized spacial score (nSPS) is 16.4. The summed E-state index contributed by atoms with van der Waals surface area (Å²) in [7, 11) is 0. The number of aromatic nitrogens is 1. The van der Waals surface area contributed by atoms with Gasteiger partial charge in [-0.25, -0.2) is 4.98 Å². The summed E-state index contributed by atoms with van der Waals surface area (Å²) in [4.78, 5) is 4.18. The fourth-order valence-electron chi connectivity index (χ4n) is 2.30. The zero-order valence-electron chi connectivity index (χ0n) is 9.95. The van der Waals surface area contributed by atoms with E-state index in [9.17, 15) is 0 Å². The lowest BCUT2D eigenvalue weighted by atomic mass is 9.89. The van der Waals surface area contributed by atoms with Crippen LogP contribution in [-0.2, 0) is 0 Å². The maximum Gasteiger partial charge on any atom is 0.165 e. The molecule has 2 rings (SSSR count). The zero-order valence-corrected chi connectivity index (χ0v) is 9.95. The second-order valence-electron chi connectivity index (χ2n) is 4.63. The summed E-state index contributed by atoms with van der Waals surface area (Å²) in [6.45, 7) is 0.946. The third kappa shape index (κ3) is 3.10. The Kier molecular flexibility index (Phi) is 3.81. The molecular formula is C13H18N4. The van der Waals surface area contributed by atoms with Gasteiger partial charge < -0.3 is 11.1 Å². The van der Waals surface area contributed by atoms with Gasteiger partial charge in [-0.05, 0) is 30.9 Å². The van der Waals surface area contributed by atoms with Gasteiger partial charge in [-0.3, -0.25) is 0 Å². The van der Waals surface area contributed by atoms with E-state index >= 15 is 0 Å². The van der Waals surface area contributed by atoms with Crippen LogP contribution < -0.4 is 11.1 Å². The van der Waals surface area contributed by atoms with Gasteiger partial charge in [-0.1, -0.05) is 19.3 Å². The molecular weight excluding hydrogens is 212 g/mol. The predicted octanol–water partition coefficient (Wildman–Crippen LogP) is 2.53. The summed E-state index contributed by atoms with van der Waals surface area (Å²) in [5.41, 5.74) is 6.37. The van der Waals surface area contributed by atoms with Crippen molar-refractivity contribution in [3.63, 3.8) is 0 Å². The van der Waals surface area contributed by atoms with Gasteiger partial charge in [0, 0.05) is 6.54 Å². The largest absolute Gasteiger partial charge is 0.396 e. The van der Waals surface area contributed by atoms with Crippen LogP contribution in [0.5, 0.6) is 0 Å². The monoisotopic (exact) mass is 230 g/mol. The van der Waals surface area contributed by atoms with Crippen molar-refractivity contribution in [2.75, 3.05) is 17.6 Å². The molecule has 0 atom stereocenters. The van der Waals surface area contributed by atoms with Crippen molar-refractivity contribution >= 4 is 11.5 Å². The minimum atomic E-state index is 0.304. The number of nitrogens with zero attached hydrogens (tertiary/aromatic N) is 2. The first-order chi connectivity index (χ1) is 8.29. The fourth-order valence-corrected chi connectivity index (χ4v) is 2.30. The number of nitriles is 1. The molecule has 0 unspecified atom stereocenters. The lowest BCUT2D eigenvalue weighted by Gasteiger charge is -2.22. The second kappa shape index (κ2) is 5.53. The second-order valence-corrected chi connectivity index (χ2v) is 4.63. The molecule has 1 fully saturated rings. The lowest BCUT2D eigenvalue weighted by molar-refractivity contribution is 0.373. The molecule has 1 saturated carbocycles. The van der Waals surface area contributed by atoms with E-state index in [2.05, 4.69) is 10.3 Å². The Morgan fingerprint density at radius 2 is 2.12 bits per heavy atom. The van der Waals surface area contributed by atoms with E-state index in [1.54, 1.807) is 6.07 Å². The number of hydrogen-bond donors (Lipinski definition) is 2. The summed E-state index contributed by atoms with van der Waals surface area (Å²) < 4.78 is 0. The molecule has 0 aliphatic heterocycles. The molecule has 0 spiro atoms. The van der Waals surface area contributed by atoms with Gasteiger partial charge in [0.25, 0.3) is 0 Å². The molecule has 4 nitrogen and oxygen atoms in total. The van der Waals surface area contributed by atoms with Gasteiger partial charge in [0.1, 0.15) is 11.9 Å². The van der Waals surface area contributed by atoms with Crippen LogP contribution in [0.25, 0.3) is 0 Å². The summed E-state index contributed by atoms with van der Waals surface area (Å²) in [5, 5.41) is 12.1. The van der Waals surface area contributed by atoms with Crippen LogP contribution in [0.3, 0.4) is 0 Å². The first-order valence-corrected chi connectivity index (χ1v) is 6.20. The number of pyridine rings is 1. The minimum absolute atomic E-state index is 0.304. The number of nitrogen functional groups attached to an aromatic ring is 1. The van der Waals surface area contributed by atoms with E-state index in [4.69, 9.17) is 11.0 Å². The van der Waals surface area contributed by atoms with Gasteiger partial charge in [-0.2, -0.15) is 5.26 Å². The number of nitrogens with two attached hydrogens (primary N) is 1. The van der Waals surface area contributed by atoms with Crippen LogP contribution in [-0.4, -0.2) is 11.5 Å². The van der Waals surface area contributed by atoms with Crippen LogP contribution in [0.15, 0.2) is 12.1 Å². The Labute approximate surface area is 102 Å². The van der Waals surface area contributed by atoms with Crippen molar-refractivity contribution in [2.24, 2.45) is 5.92 Å². The van der Waals surface area contributed by atoms with Crippen LogP contribution in [0.4, 0.5) is 11.5 Å². The Morgan fingerprint density at radius 1 is 1.35 bits per heavy atom. The highest BCUT2D eigenvalue weighted by molar-refractivity contribution is 5.54. The Hall–Kier alpha value is -1.76. The lowest BCUT2D eigenvalue weighted by Crippen LogP contribution is -2.17. The van der Waals surface area contributed by atoms with Crippen LogP contribution >= 0.6 is 0 Å². The number of nitrogens with one attached hydrogen (secondary N) is 1. The average molecular weight is 230 g/mol. The molecule has 0 bridgehead atoms. The zero-order chi connectivity index (χ0) is 12.1. The van der Waals surface area contributed by atoms with E-state index in [0.717, 1.165) is 18.3 Å². The predicted molar refractivity (Wildman–Crippen MR) is 68.4 cm³/mol. The molecule has 90 valence electrons. The van der Waals surface area contributed by atoms with Crippen molar-refractivity contribution in [3.8, 4) is 6.07 Å². The summed E-state index contributed by atoms with van der Waals surface area (Å²) in [6, 6.07) is 5.56. The molecule has 0 radical (unpaired) electrons. The molecule has 1 aliphatic rings. The van der Waals surface area contributed by atoms with E-state index in [1.165, 1.54) is 32.1 Å². The van der Waals surface area contributed by atoms with Crippen molar-refractivity contribution in [1.82, 2.24) is 4.98 Å². The summed E-state index contributed by atoms with van der Waals surface area (Å²) >= 11 is 0. The smallest absolute Gasteiger partial charge is 0.165 e. The van der Waals surface area contributed by atoms with Crippen LogP contribution in [0.2, 0.25) is 0 Å². The fraction of sp³-hybridized carbons (Fsp3) is 0.538. The molecule has 1 aliphatic carbocycles. The van der Waals surface area contributed by atoms with Gasteiger partial charge in [-0.15, -0.1) is 0 Å². The summed E-state index contributed by atoms with van der Waals surface area (Å²) in [5.74, 6) is 1.50. The third-order valence-electron chi connectivity index (χ3n) is 3.33. The maximum atomic E-state index is 8.84. The minimum Gasteiger partial charge on any atom is -0.396 e. The topological polar surface area (TPSA) is 74.7 Å². The quantitative estimate of drug-likeness (QED) is 0.836. The molecule has 1 heterocycles. The molecule has 1 aromatic rings. The Morgan fingerprint density at radius 3 is 2.82 bits per heavy atom. The molecule has 0 amide bonds. The maximum absolute atomic E-state index is 8.84. The van der Waals surface area contributed by atoms with E-state index < -0.39 is 0 Å². The third-order valence-corrected chi connectivity index (χ3v) is 3.33. The van der Waals surface area contributed by atoms with Crippen molar-refractivity contribution in [3.05, 3.63) is 17.8 Å². The van der Waals surface area contributed by atoms with Gasteiger partial charge in [0.05, 0.1) is 5.69 Å². The standard InChI is InChI=1S/C13H18N4/c14-8-12-11(15)6-7-13(17-12)16-9-10-4-2-1-3-5-10/h6-7,10H,1-5,9,15H2,(H,16,17). The number of hydrogen-bond acceptors (Lipinski definition) is 4. The molecule has 0 aromatic carbocycles. The van der Waals surface area contributed by atoms with Gasteiger partial charge >= 0.3 is 0 Å². The highest BCUT2D eigenvalue weighted by atomic mass is 15.0. The molecule has 17 heavy (non-hydrogen) atoms. The number of rotatable bonds is 3. The van der Waals surface area contributed by atoms with E-state index in [-0.39, 0.29) is 0 Å². The first-order valence-electron chi connectivity index (χ1n) is 6.20. The van der Waals surface area contributed by atoms with Crippen molar-refractivity contribution in [2.45, 2.75) is 32.1 Å². The molecule has 1 aromatic heterocycles. The molecule has 3 N–H and O–H groups in total. The Balaban J connectivity index is 1.92. The highest BCUT2D eigenvalue weighted by Crippen LogP contribution is 2.24. The van der Waals surface area contributed by atoms with Crippen molar-refractivity contribution in [1.29, 1.82) is 5.26 Å². The number of anilines is 2. The van der Waals surface area contributed by atoms with E-state index in [1.807, 2.05) is 12.1 Å².